The van der Waals surface area contributed by atoms with Gasteiger partial charge in [0.1, 0.15) is 0 Å². The number of nitrogens with two attached hydrogens (primary N) is 1. The molecule has 2 N–H and O–H groups in total. The Morgan fingerprint density at radius 3 is 2.52 bits per heavy atom. The van der Waals surface area contributed by atoms with Crippen molar-refractivity contribution >= 4 is 10.8 Å². The highest BCUT2D eigenvalue weighted by molar-refractivity contribution is 5.86. The summed E-state index contributed by atoms with van der Waals surface area (Å²) in [6, 6.07) is 16.7. The van der Waals surface area contributed by atoms with Crippen molar-refractivity contribution in [3.8, 4) is 11.4 Å². The van der Waals surface area contributed by atoms with Gasteiger partial charge in [0.2, 0.25) is 0 Å². The molecule has 106 valence electrons. The summed E-state index contributed by atoms with van der Waals surface area (Å²) >= 11 is 0. The van der Waals surface area contributed by atoms with Crippen LogP contribution in [-0.2, 0) is 6.42 Å². The number of hydrogen-bond acceptors (Lipinski definition) is 3. The van der Waals surface area contributed by atoms with Gasteiger partial charge in [0.05, 0.1) is 0 Å². The summed E-state index contributed by atoms with van der Waals surface area (Å²) in [5.74, 6) is 0.774. The molecule has 1 unspecified atom stereocenters. The normalized spacial score (nSPS) is 12.5. The fourth-order valence-corrected chi connectivity index (χ4v) is 2.53. The van der Waals surface area contributed by atoms with Gasteiger partial charge in [-0.15, -0.1) is 0 Å². The van der Waals surface area contributed by atoms with Crippen molar-refractivity contribution in [2.75, 3.05) is 0 Å². The van der Waals surface area contributed by atoms with E-state index in [1.54, 1.807) is 0 Å². The Morgan fingerprint density at radius 2 is 1.76 bits per heavy atom. The molecule has 0 amide bonds. The largest absolute Gasteiger partial charge is 0.328 e. The lowest BCUT2D eigenvalue weighted by Crippen LogP contribution is -2.19. The van der Waals surface area contributed by atoms with E-state index >= 15 is 0 Å². The van der Waals surface area contributed by atoms with E-state index in [0.29, 0.717) is 0 Å². The minimum atomic E-state index is 0.101. The lowest BCUT2D eigenvalue weighted by Gasteiger charge is -2.09. The van der Waals surface area contributed by atoms with Crippen LogP contribution in [0.5, 0.6) is 0 Å². The summed E-state index contributed by atoms with van der Waals surface area (Å²) in [5.41, 5.74) is 8.90. The first-order chi connectivity index (χ1) is 10.1. The Bertz CT molecular complexity index is 778. The van der Waals surface area contributed by atoms with Crippen LogP contribution < -0.4 is 5.73 Å². The molecule has 0 saturated carbocycles. The molecule has 0 saturated heterocycles. The number of aromatic nitrogens is 2. The van der Waals surface area contributed by atoms with E-state index in [4.69, 9.17) is 5.73 Å². The molecule has 2 aromatic carbocycles. The fourth-order valence-electron chi connectivity index (χ4n) is 2.53. The first kappa shape index (κ1) is 13.7. The van der Waals surface area contributed by atoms with Crippen LogP contribution in [-0.4, -0.2) is 16.0 Å². The SMILES string of the molecule is Cc1cc(CC(C)N)nc(-c2ccc3ccccc3c2)n1. The highest BCUT2D eigenvalue weighted by Crippen LogP contribution is 2.22. The van der Waals surface area contributed by atoms with Crippen LogP contribution in [0, 0.1) is 6.92 Å². The summed E-state index contributed by atoms with van der Waals surface area (Å²) in [4.78, 5) is 9.23. The first-order valence-electron chi connectivity index (χ1n) is 7.21. The van der Waals surface area contributed by atoms with Crippen molar-refractivity contribution in [3.05, 3.63) is 59.9 Å². The molecule has 1 heterocycles. The number of benzene rings is 2. The van der Waals surface area contributed by atoms with Crippen LogP contribution in [0.4, 0.5) is 0 Å². The molecule has 3 aromatic rings. The highest BCUT2D eigenvalue weighted by atomic mass is 14.9. The molecule has 0 aliphatic heterocycles. The van der Waals surface area contributed by atoms with E-state index in [1.807, 2.05) is 32.0 Å². The molecule has 0 radical (unpaired) electrons. The number of aryl methyl sites for hydroxylation is 1. The average molecular weight is 277 g/mol. The molecule has 0 bridgehead atoms. The molecular weight excluding hydrogens is 258 g/mol. The van der Waals surface area contributed by atoms with Gasteiger partial charge in [0.15, 0.2) is 5.82 Å². The number of hydrogen-bond donors (Lipinski definition) is 1. The summed E-state index contributed by atoms with van der Waals surface area (Å²) in [6.07, 6.45) is 0.768. The summed E-state index contributed by atoms with van der Waals surface area (Å²) < 4.78 is 0. The van der Waals surface area contributed by atoms with Crippen LogP contribution in [0.3, 0.4) is 0 Å². The quantitative estimate of drug-likeness (QED) is 0.797. The first-order valence-corrected chi connectivity index (χ1v) is 7.21. The van der Waals surface area contributed by atoms with E-state index in [-0.39, 0.29) is 6.04 Å². The molecule has 3 heteroatoms. The molecule has 1 atom stereocenters. The van der Waals surface area contributed by atoms with Gasteiger partial charge in [-0.1, -0.05) is 36.4 Å². The van der Waals surface area contributed by atoms with Gasteiger partial charge < -0.3 is 5.73 Å². The average Bonchev–Trinajstić information content (AvgIpc) is 2.45. The fraction of sp³-hybridized carbons (Fsp3) is 0.222. The molecule has 21 heavy (non-hydrogen) atoms. The summed E-state index contributed by atoms with van der Waals surface area (Å²) in [5, 5.41) is 2.43. The second-order valence-electron chi connectivity index (χ2n) is 5.57. The third-order valence-electron chi connectivity index (χ3n) is 3.45. The van der Waals surface area contributed by atoms with Gasteiger partial charge in [-0.25, -0.2) is 9.97 Å². The standard InChI is InChI=1S/C18H19N3/c1-12(19)9-17-10-13(2)20-18(21-17)16-8-7-14-5-3-4-6-15(14)11-16/h3-8,10-12H,9,19H2,1-2H3. The van der Waals surface area contributed by atoms with Gasteiger partial charge >= 0.3 is 0 Å². The zero-order valence-electron chi connectivity index (χ0n) is 12.4. The van der Waals surface area contributed by atoms with E-state index in [0.717, 1.165) is 29.2 Å². The van der Waals surface area contributed by atoms with Crippen LogP contribution in [0.1, 0.15) is 18.3 Å². The van der Waals surface area contributed by atoms with Gasteiger partial charge in [0, 0.05) is 29.4 Å². The van der Waals surface area contributed by atoms with Crippen LogP contribution in [0.15, 0.2) is 48.5 Å². The highest BCUT2D eigenvalue weighted by Gasteiger charge is 2.07. The Hall–Kier alpha value is -2.26. The second-order valence-corrected chi connectivity index (χ2v) is 5.57. The monoisotopic (exact) mass is 277 g/mol. The molecule has 0 fully saturated rings. The summed E-state index contributed by atoms with van der Waals surface area (Å²) in [6.45, 7) is 3.99. The molecule has 0 aliphatic carbocycles. The van der Waals surface area contributed by atoms with Crippen molar-refractivity contribution in [1.82, 2.24) is 9.97 Å². The van der Waals surface area contributed by atoms with Gasteiger partial charge in [-0.2, -0.15) is 0 Å². The van der Waals surface area contributed by atoms with Crippen molar-refractivity contribution < 1.29 is 0 Å². The van der Waals surface area contributed by atoms with Crippen molar-refractivity contribution in [1.29, 1.82) is 0 Å². The van der Waals surface area contributed by atoms with Crippen molar-refractivity contribution in [3.63, 3.8) is 0 Å². The van der Waals surface area contributed by atoms with Gasteiger partial charge in [-0.05, 0) is 36.8 Å². The zero-order valence-corrected chi connectivity index (χ0v) is 12.4. The van der Waals surface area contributed by atoms with Crippen LogP contribution >= 0.6 is 0 Å². The topological polar surface area (TPSA) is 51.8 Å². The van der Waals surface area contributed by atoms with Crippen LogP contribution in [0.2, 0.25) is 0 Å². The zero-order chi connectivity index (χ0) is 14.8. The molecule has 3 nitrogen and oxygen atoms in total. The van der Waals surface area contributed by atoms with Crippen molar-refractivity contribution in [2.45, 2.75) is 26.3 Å². The Morgan fingerprint density at radius 1 is 1.00 bits per heavy atom. The van der Waals surface area contributed by atoms with E-state index in [1.165, 1.54) is 10.8 Å². The number of fused-ring (bicyclic) bond motifs is 1. The maximum atomic E-state index is 5.88. The minimum Gasteiger partial charge on any atom is -0.328 e. The molecular formula is C18H19N3. The predicted molar refractivity (Wildman–Crippen MR) is 87.1 cm³/mol. The smallest absolute Gasteiger partial charge is 0.159 e. The van der Waals surface area contributed by atoms with Gasteiger partial charge in [0.25, 0.3) is 0 Å². The second kappa shape index (κ2) is 5.62. The summed E-state index contributed by atoms with van der Waals surface area (Å²) in [7, 11) is 0. The molecule has 0 aliphatic rings. The van der Waals surface area contributed by atoms with Gasteiger partial charge in [-0.3, -0.25) is 0 Å². The minimum absolute atomic E-state index is 0.101. The number of nitrogens with zero attached hydrogens (tertiary/aromatic N) is 2. The Balaban J connectivity index is 2.06. The maximum Gasteiger partial charge on any atom is 0.159 e. The van der Waals surface area contributed by atoms with E-state index in [9.17, 15) is 0 Å². The predicted octanol–water partition coefficient (Wildman–Crippen LogP) is 3.49. The van der Waals surface area contributed by atoms with E-state index < -0.39 is 0 Å². The maximum absolute atomic E-state index is 5.88. The molecule has 1 aromatic heterocycles. The Labute approximate surface area is 124 Å². The third-order valence-corrected chi connectivity index (χ3v) is 3.45. The number of rotatable bonds is 3. The lowest BCUT2D eigenvalue weighted by molar-refractivity contribution is 0.719. The van der Waals surface area contributed by atoms with Crippen LogP contribution in [0.25, 0.3) is 22.2 Å². The lowest BCUT2D eigenvalue weighted by atomic mass is 10.1. The third kappa shape index (κ3) is 3.09. The molecule has 0 spiro atoms. The van der Waals surface area contributed by atoms with Crippen molar-refractivity contribution in [2.24, 2.45) is 5.73 Å². The van der Waals surface area contributed by atoms with E-state index in [2.05, 4.69) is 40.3 Å². The Kier molecular flexibility index (Phi) is 3.67. The molecule has 3 rings (SSSR count).